The number of nitrogens with one attached hydrogen (secondary N) is 1. The summed E-state index contributed by atoms with van der Waals surface area (Å²) in [4.78, 5) is 19.8. The number of nitrogens with two attached hydrogens (primary N) is 1. The van der Waals surface area contributed by atoms with Gasteiger partial charge in [0, 0.05) is 27.8 Å². The minimum Gasteiger partial charge on any atom is -0.494 e. The lowest BCUT2D eigenvalue weighted by Crippen LogP contribution is -2.08. The average Bonchev–Trinajstić information content (AvgIpc) is 2.91. The minimum atomic E-state index is -0.687. The summed E-state index contributed by atoms with van der Waals surface area (Å²) < 4.78 is 20.0. The molecule has 2 heterocycles. The molecule has 112 valence electrons. The van der Waals surface area contributed by atoms with Crippen LogP contribution in [-0.4, -0.2) is 22.9 Å². The summed E-state index contributed by atoms with van der Waals surface area (Å²) in [5.41, 5.74) is 6.60. The number of anilines is 1. The molecule has 3 N–H and O–H groups in total. The van der Waals surface area contributed by atoms with Gasteiger partial charge in [0.2, 0.25) is 5.78 Å². The Labute approximate surface area is 133 Å². The van der Waals surface area contributed by atoms with E-state index in [9.17, 15) is 9.18 Å². The number of methoxy groups -OCH3 is 1. The van der Waals surface area contributed by atoms with E-state index in [0.29, 0.717) is 21.1 Å². The molecule has 0 aliphatic rings. The minimum absolute atomic E-state index is 0.0299. The summed E-state index contributed by atoms with van der Waals surface area (Å²) in [5.74, 6) is -1.18. The van der Waals surface area contributed by atoms with Gasteiger partial charge in [-0.3, -0.25) is 4.79 Å². The number of nitrogen functional groups attached to an aromatic ring is 1. The molecule has 0 bridgehead atoms. The quantitative estimate of drug-likeness (QED) is 0.552. The van der Waals surface area contributed by atoms with Crippen molar-refractivity contribution >= 4 is 38.4 Å². The van der Waals surface area contributed by atoms with E-state index < -0.39 is 11.6 Å². The normalized spacial score (nSPS) is 10.9. The van der Waals surface area contributed by atoms with Gasteiger partial charge in [-0.25, -0.2) is 9.37 Å². The molecule has 0 aliphatic carbocycles. The number of rotatable bonds is 3. The Hall–Kier alpha value is -2.41. The van der Waals surface area contributed by atoms with Crippen molar-refractivity contribution in [3.05, 3.63) is 52.0 Å². The fourth-order valence-corrected chi connectivity index (χ4v) is 2.64. The third-order valence-electron chi connectivity index (χ3n) is 3.31. The van der Waals surface area contributed by atoms with Crippen molar-refractivity contribution in [2.24, 2.45) is 0 Å². The van der Waals surface area contributed by atoms with Crippen molar-refractivity contribution in [3.8, 4) is 5.75 Å². The summed E-state index contributed by atoms with van der Waals surface area (Å²) in [7, 11) is 1.34. The van der Waals surface area contributed by atoms with E-state index in [-0.39, 0.29) is 17.0 Å². The molecule has 22 heavy (non-hydrogen) atoms. The van der Waals surface area contributed by atoms with E-state index in [1.54, 1.807) is 12.3 Å². The number of carbonyl (C=O) groups excluding carboxylic acids is 1. The molecule has 0 spiro atoms. The van der Waals surface area contributed by atoms with Crippen LogP contribution in [-0.2, 0) is 0 Å². The third-order valence-corrected chi connectivity index (χ3v) is 3.74. The first-order valence-corrected chi connectivity index (χ1v) is 7.11. The largest absolute Gasteiger partial charge is 0.494 e. The van der Waals surface area contributed by atoms with Crippen molar-refractivity contribution in [3.63, 3.8) is 0 Å². The molecule has 7 heteroatoms. The second-order valence-corrected chi connectivity index (χ2v) is 5.54. The van der Waals surface area contributed by atoms with Gasteiger partial charge in [-0.2, -0.15) is 0 Å². The van der Waals surface area contributed by atoms with Gasteiger partial charge in [-0.1, -0.05) is 0 Å². The number of carbonyl (C=O) groups is 1. The van der Waals surface area contributed by atoms with Crippen LogP contribution in [0.1, 0.15) is 15.9 Å². The highest BCUT2D eigenvalue weighted by Gasteiger charge is 2.24. The van der Waals surface area contributed by atoms with Crippen molar-refractivity contribution in [2.75, 3.05) is 12.8 Å². The SMILES string of the molecule is COc1c(N)ccc(F)c1C(=O)c1c[nH]c2ncc(Br)cc12. The van der Waals surface area contributed by atoms with Gasteiger partial charge >= 0.3 is 0 Å². The molecule has 0 atom stereocenters. The molecule has 2 aromatic heterocycles. The topological polar surface area (TPSA) is 81.0 Å². The average molecular weight is 364 g/mol. The third kappa shape index (κ3) is 2.23. The van der Waals surface area contributed by atoms with E-state index in [0.717, 1.165) is 6.07 Å². The number of ketones is 1. The van der Waals surface area contributed by atoms with Gasteiger partial charge < -0.3 is 15.5 Å². The fourth-order valence-electron chi connectivity index (χ4n) is 2.31. The molecule has 0 radical (unpaired) electrons. The van der Waals surface area contributed by atoms with E-state index in [4.69, 9.17) is 10.5 Å². The van der Waals surface area contributed by atoms with Crippen LogP contribution in [0.4, 0.5) is 10.1 Å². The Morgan fingerprint density at radius 3 is 2.95 bits per heavy atom. The maximum absolute atomic E-state index is 14.1. The van der Waals surface area contributed by atoms with Crippen LogP contribution >= 0.6 is 15.9 Å². The first kappa shape index (κ1) is 14.5. The van der Waals surface area contributed by atoms with Crippen LogP contribution in [0.3, 0.4) is 0 Å². The molecule has 0 saturated heterocycles. The zero-order chi connectivity index (χ0) is 15.9. The fraction of sp³-hybridized carbons (Fsp3) is 0.0667. The highest BCUT2D eigenvalue weighted by molar-refractivity contribution is 9.10. The Kier molecular flexibility index (Phi) is 3.58. The van der Waals surface area contributed by atoms with Crippen molar-refractivity contribution in [2.45, 2.75) is 0 Å². The summed E-state index contributed by atoms with van der Waals surface area (Å²) in [6.07, 6.45) is 3.10. The Morgan fingerprint density at radius 1 is 1.45 bits per heavy atom. The standard InChI is InChI=1S/C15H11BrFN3O2/c1-22-14-11(18)3-2-10(17)12(14)13(21)9-6-20-15-8(9)4-7(16)5-19-15/h2-6H,18H2,1H3,(H,19,20). The number of nitrogens with zero attached hydrogens (tertiary/aromatic N) is 1. The number of fused-ring (bicyclic) bond motifs is 1. The first-order chi connectivity index (χ1) is 10.5. The van der Waals surface area contributed by atoms with Gasteiger partial charge in [0.1, 0.15) is 17.0 Å². The maximum Gasteiger partial charge on any atom is 0.202 e. The monoisotopic (exact) mass is 363 g/mol. The predicted molar refractivity (Wildman–Crippen MR) is 84.6 cm³/mol. The zero-order valence-corrected chi connectivity index (χ0v) is 13.1. The van der Waals surface area contributed by atoms with E-state index in [2.05, 4.69) is 25.9 Å². The number of ether oxygens (including phenoxy) is 1. The zero-order valence-electron chi connectivity index (χ0n) is 11.5. The number of H-pyrrole nitrogens is 1. The van der Waals surface area contributed by atoms with Crippen molar-refractivity contribution in [1.82, 2.24) is 9.97 Å². The molecular formula is C15H11BrFN3O2. The Balaban J connectivity index is 2.22. The van der Waals surface area contributed by atoms with E-state index in [1.807, 2.05) is 0 Å². The van der Waals surface area contributed by atoms with Gasteiger partial charge in [0.05, 0.1) is 12.8 Å². The number of pyridine rings is 1. The van der Waals surface area contributed by atoms with Crippen LogP contribution in [0.25, 0.3) is 11.0 Å². The van der Waals surface area contributed by atoms with Crippen LogP contribution < -0.4 is 10.5 Å². The number of aromatic nitrogens is 2. The highest BCUT2D eigenvalue weighted by Crippen LogP contribution is 2.32. The molecule has 0 amide bonds. The molecule has 0 unspecified atom stereocenters. The number of aromatic amines is 1. The van der Waals surface area contributed by atoms with Crippen LogP contribution in [0.5, 0.6) is 5.75 Å². The molecule has 1 aromatic carbocycles. The summed E-state index contributed by atoms with van der Waals surface area (Å²) >= 11 is 3.30. The lowest BCUT2D eigenvalue weighted by Gasteiger charge is -2.10. The second-order valence-electron chi connectivity index (χ2n) is 4.63. The number of halogens is 2. The number of hydrogen-bond donors (Lipinski definition) is 2. The van der Waals surface area contributed by atoms with Gasteiger partial charge in [0.15, 0.2) is 5.75 Å². The maximum atomic E-state index is 14.1. The van der Waals surface area contributed by atoms with Gasteiger partial charge in [-0.05, 0) is 34.1 Å². The Bertz CT molecular complexity index is 892. The molecule has 0 saturated carbocycles. The summed E-state index contributed by atoms with van der Waals surface area (Å²) in [5, 5.41) is 0.586. The van der Waals surface area contributed by atoms with Crippen LogP contribution in [0.2, 0.25) is 0 Å². The molecule has 0 aliphatic heterocycles. The first-order valence-electron chi connectivity index (χ1n) is 6.32. The number of hydrogen-bond acceptors (Lipinski definition) is 4. The molecule has 0 fully saturated rings. The van der Waals surface area contributed by atoms with Gasteiger partial charge in [0.25, 0.3) is 0 Å². The van der Waals surface area contributed by atoms with Crippen LogP contribution in [0, 0.1) is 5.82 Å². The Morgan fingerprint density at radius 2 is 2.23 bits per heavy atom. The van der Waals surface area contributed by atoms with Crippen molar-refractivity contribution < 1.29 is 13.9 Å². The van der Waals surface area contributed by atoms with Crippen LogP contribution in [0.15, 0.2) is 35.1 Å². The molecule has 3 aromatic rings. The summed E-state index contributed by atoms with van der Waals surface area (Å²) in [6.45, 7) is 0. The van der Waals surface area contributed by atoms with Crippen molar-refractivity contribution in [1.29, 1.82) is 0 Å². The van der Waals surface area contributed by atoms with E-state index in [1.165, 1.54) is 19.4 Å². The molecule has 3 rings (SSSR count). The van der Waals surface area contributed by atoms with E-state index >= 15 is 0 Å². The molecular weight excluding hydrogens is 353 g/mol. The second kappa shape index (κ2) is 5.42. The van der Waals surface area contributed by atoms with Gasteiger partial charge in [-0.15, -0.1) is 0 Å². The predicted octanol–water partition coefficient (Wildman–Crippen LogP) is 3.29. The molecule has 5 nitrogen and oxygen atoms in total. The highest BCUT2D eigenvalue weighted by atomic mass is 79.9. The number of benzene rings is 1. The smallest absolute Gasteiger partial charge is 0.202 e. The lowest BCUT2D eigenvalue weighted by atomic mass is 10.0. The lowest BCUT2D eigenvalue weighted by molar-refractivity contribution is 0.103. The summed E-state index contributed by atoms with van der Waals surface area (Å²) in [6, 6.07) is 4.25.